The summed E-state index contributed by atoms with van der Waals surface area (Å²) in [7, 11) is 3.36. The number of carbonyl (C=O) groups excluding carboxylic acids is 1. The fourth-order valence-electron chi connectivity index (χ4n) is 3.49. The molecule has 0 bridgehead atoms. The number of amides is 2. The minimum Gasteiger partial charge on any atom is -0.424 e. The summed E-state index contributed by atoms with van der Waals surface area (Å²) in [6.45, 7) is 5.75. The smallest absolute Gasteiger partial charge is 0.326 e. The van der Waals surface area contributed by atoms with E-state index in [9.17, 15) is 14.0 Å². The van der Waals surface area contributed by atoms with Crippen LogP contribution >= 0.6 is 11.6 Å². The van der Waals surface area contributed by atoms with E-state index in [4.69, 9.17) is 16.0 Å². The summed E-state index contributed by atoms with van der Waals surface area (Å²) in [5, 5.41) is 8.55. The molecule has 3 heterocycles. The van der Waals surface area contributed by atoms with Crippen molar-refractivity contribution in [3.8, 4) is 11.1 Å². The number of hydrogen-bond acceptors (Lipinski definition) is 6. The van der Waals surface area contributed by atoms with Gasteiger partial charge in [0.1, 0.15) is 11.6 Å². The van der Waals surface area contributed by atoms with Gasteiger partial charge in [0.05, 0.1) is 22.4 Å². The second-order valence-electron chi connectivity index (χ2n) is 8.97. The van der Waals surface area contributed by atoms with E-state index in [0.717, 1.165) is 6.07 Å². The first-order valence-electron chi connectivity index (χ1n) is 10.7. The highest BCUT2D eigenvalue weighted by Gasteiger charge is 2.21. The molecule has 4 rings (SSSR count). The molecule has 1 aromatic carbocycles. The van der Waals surface area contributed by atoms with Crippen molar-refractivity contribution >= 4 is 45.9 Å². The Morgan fingerprint density at radius 3 is 2.49 bits per heavy atom. The normalized spacial score (nSPS) is 11.5. The van der Waals surface area contributed by atoms with Crippen LogP contribution in [0.4, 0.5) is 26.6 Å². The number of aryl methyl sites for hydroxylation is 1. The maximum absolute atomic E-state index is 14.7. The van der Waals surface area contributed by atoms with Crippen LogP contribution in [0.5, 0.6) is 0 Å². The van der Waals surface area contributed by atoms with Gasteiger partial charge in [0.2, 0.25) is 11.8 Å². The molecule has 0 saturated carbocycles. The van der Waals surface area contributed by atoms with Crippen molar-refractivity contribution in [3.05, 3.63) is 63.7 Å². The fourth-order valence-corrected chi connectivity index (χ4v) is 3.74. The van der Waals surface area contributed by atoms with Crippen molar-refractivity contribution in [2.45, 2.75) is 26.2 Å². The highest BCUT2D eigenvalue weighted by atomic mass is 35.5. The first kappa shape index (κ1) is 24.2. The second-order valence-corrected chi connectivity index (χ2v) is 9.38. The number of carbonyl (C=O) groups is 1. The van der Waals surface area contributed by atoms with Crippen LogP contribution in [-0.4, -0.2) is 27.6 Å². The molecule has 0 aliphatic heterocycles. The Balaban J connectivity index is 1.67. The minimum atomic E-state index is -0.764. The van der Waals surface area contributed by atoms with E-state index in [0.29, 0.717) is 22.6 Å². The lowest BCUT2D eigenvalue weighted by molar-refractivity contribution is 0.261. The number of pyridine rings is 2. The van der Waals surface area contributed by atoms with E-state index in [-0.39, 0.29) is 38.7 Å². The van der Waals surface area contributed by atoms with Gasteiger partial charge in [-0.25, -0.2) is 19.2 Å². The van der Waals surface area contributed by atoms with Gasteiger partial charge in [-0.1, -0.05) is 32.4 Å². The molecule has 3 N–H and O–H groups in total. The maximum Gasteiger partial charge on any atom is 0.326 e. The van der Waals surface area contributed by atoms with E-state index >= 15 is 0 Å². The molecule has 0 fully saturated rings. The number of halogens is 2. The van der Waals surface area contributed by atoms with Gasteiger partial charge in [-0.2, -0.15) is 0 Å². The first-order chi connectivity index (χ1) is 16.5. The lowest BCUT2D eigenvalue weighted by atomic mass is 9.97. The van der Waals surface area contributed by atoms with Crippen LogP contribution in [0.1, 0.15) is 26.7 Å². The lowest BCUT2D eigenvalue weighted by Crippen LogP contribution is -2.21. The summed E-state index contributed by atoms with van der Waals surface area (Å²) in [6, 6.07) is 5.00. The fraction of sp³-hybridized carbons (Fsp3) is 0.250. The molecule has 0 radical (unpaired) electrons. The van der Waals surface area contributed by atoms with Crippen LogP contribution in [0.25, 0.3) is 22.0 Å². The van der Waals surface area contributed by atoms with Crippen molar-refractivity contribution < 1.29 is 13.6 Å². The third kappa shape index (κ3) is 4.83. The summed E-state index contributed by atoms with van der Waals surface area (Å²) < 4.78 is 21.7. The molecule has 0 atom stereocenters. The van der Waals surface area contributed by atoms with Crippen molar-refractivity contribution in [1.29, 1.82) is 0 Å². The Morgan fingerprint density at radius 2 is 1.83 bits per heavy atom. The van der Waals surface area contributed by atoms with E-state index in [1.54, 1.807) is 32.4 Å². The number of anilines is 3. The summed E-state index contributed by atoms with van der Waals surface area (Å²) >= 11 is 6.31. The zero-order valence-electron chi connectivity index (χ0n) is 19.8. The molecular weight excluding hydrogens is 475 g/mol. The molecular formula is C24H24ClFN6O3. The Kier molecular flexibility index (Phi) is 6.25. The van der Waals surface area contributed by atoms with Gasteiger partial charge in [0.25, 0.3) is 5.56 Å². The summed E-state index contributed by atoms with van der Waals surface area (Å²) in [6.07, 6.45) is 2.99. The molecule has 0 unspecified atom stereocenters. The molecule has 0 spiro atoms. The zero-order valence-corrected chi connectivity index (χ0v) is 20.5. The number of nitrogens with zero attached hydrogens (tertiary/aromatic N) is 3. The molecule has 3 aromatic heterocycles. The van der Waals surface area contributed by atoms with Gasteiger partial charge >= 0.3 is 6.03 Å². The number of aromatic nitrogens is 3. The average molecular weight is 499 g/mol. The number of oxazole rings is 1. The quantitative estimate of drug-likeness (QED) is 0.349. The predicted octanol–water partition coefficient (Wildman–Crippen LogP) is 5.36. The number of fused-ring (bicyclic) bond motifs is 1. The van der Waals surface area contributed by atoms with Crippen molar-refractivity contribution in [2.24, 2.45) is 7.05 Å². The maximum atomic E-state index is 14.7. The number of urea groups is 1. The highest BCUT2D eigenvalue weighted by Crippen LogP contribution is 2.33. The van der Waals surface area contributed by atoms with E-state index in [2.05, 4.69) is 25.9 Å². The highest BCUT2D eigenvalue weighted by molar-refractivity contribution is 6.33. The molecule has 9 nitrogen and oxygen atoms in total. The predicted molar refractivity (Wildman–Crippen MR) is 135 cm³/mol. The molecule has 0 saturated heterocycles. The average Bonchev–Trinajstić information content (AvgIpc) is 3.27. The number of nitrogens with one attached hydrogen (secondary N) is 3. The summed E-state index contributed by atoms with van der Waals surface area (Å²) in [4.78, 5) is 34.0. The van der Waals surface area contributed by atoms with E-state index < -0.39 is 11.8 Å². The third-order valence-electron chi connectivity index (χ3n) is 5.34. The monoisotopic (exact) mass is 498 g/mol. The first-order valence-corrected chi connectivity index (χ1v) is 11.1. The van der Waals surface area contributed by atoms with Crippen LogP contribution in [0.3, 0.4) is 0 Å². The lowest BCUT2D eigenvalue weighted by Gasteiger charge is -2.14. The van der Waals surface area contributed by atoms with Crippen LogP contribution in [0.2, 0.25) is 5.02 Å². The Labute approximate surface area is 205 Å². The van der Waals surface area contributed by atoms with Crippen LogP contribution < -0.4 is 21.5 Å². The van der Waals surface area contributed by atoms with Gasteiger partial charge in [-0.15, -0.1) is 0 Å². The molecule has 0 aliphatic rings. The molecule has 2 amide bonds. The Morgan fingerprint density at radius 1 is 1.09 bits per heavy atom. The van der Waals surface area contributed by atoms with Crippen molar-refractivity contribution in [2.75, 3.05) is 23.0 Å². The number of hydrogen-bond donors (Lipinski definition) is 3. The van der Waals surface area contributed by atoms with Crippen LogP contribution in [0.15, 0.2) is 45.9 Å². The van der Waals surface area contributed by atoms with Gasteiger partial charge in [0, 0.05) is 48.3 Å². The van der Waals surface area contributed by atoms with Crippen LogP contribution in [0, 0.1) is 5.82 Å². The largest absolute Gasteiger partial charge is 0.424 e. The Bertz CT molecular complexity index is 1510. The summed E-state index contributed by atoms with van der Waals surface area (Å²) in [5.41, 5.74) is 0.310. The standard InChI is InChI=1S/C24H24ClFN6O3/c1-24(2,3)22-29-11-20(35-22)31-23(34)30-17-7-13(15(25)8-16(17)26)14-6-12-10-28-19(27-4)9-18(12)32(5)21(14)33/h6-11H,1-5H3,(H,27,28)(H2,30,31,34). The van der Waals surface area contributed by atoms with Crippen molar-refractivity contribution in [3.63, 3.8) is 0 Å². The summed E-state index contributed by atoms with van der Waals surface area (Å²) in [5.74, 6) is 0.397. The Hall–Kier alpha value is -3.92. The number of rotatable bonds is 4. The van der Waals surface area contributed by atoms with Gasteiger partial charge in [-0.3, -0.25) is 10.1 Å². The van der Waals surface area contributed by atoms with Gasteiger partial charge in [0.15, 0.2) is 0 Å². The SMILES string of the molecule is CNc1cc2c(cn1)cc(-c1cc(NC(=O)Nc3cnc(C(C)(C)C)o3)c(F)cc1Cl)c(=O)n2C. The van der Waals surface area contributed by atoms with E-state index in [1.165, 1.54) is 16.8 Å². The van der Waals surface area contributed by atoms with Gasteiger partial charge in [-0.05, 0) is 18.2 Å². The molecule has 4 aromatic rings. The molecule has 35 heavy (non-hydrogen) atoms. The molecule has 182 valence electrons. The minimum absolute atomic E-state index is 0.0229. The molecule has 11 heteroatoms. The topological polar surface area (TPSA) is 114 Å². The number of benzene rings is 1. The zero-order chi connectivity index (χ0) is 25.5. The third-order valence-corrected chi connectivity index (χ3v) is 5.66. The second kappa shape index (κ2) is 9.03. The van der Waals surface area contributed by atoms with E-state index in [1.807, 2.05) is 20.8 Å². The molecule has 0 aliphatic carbocycles. The van der Waals surface area contributed by atoms with Crippen molar-refractivity contribution in [1.82, 2.24) is 14.5 Å². The van der Waals surface area contributed by atoms with Crippen LogP contribution in [-0.2, 0) is 12.5 Å². The van der Waals surface area contributed by atoms with Gasteiger partial charge < -0.3 is 19.6 Å².